The fraction of sp³-hybridized carbons (Fsp3) is 0.308. The number of benzene rings is 1. The Bertz CT molecular complexity index is 518. The molecular formula is C13H17ClN4. The summed E-state index contributed by atoms with van der Waals surface area (Å²) in [6.45, 7) is 2.04. The Kier molecular flexibility index (Phi) is 4.01. The molecule has 18 heavy (non-hydrogen) atoms. The summed E-state index contributed by atoms with van der Waals surface area (Å²) in [7, 11) is 1.93. The zero-order chi connectivity index (χ0) is 13.1. The monoisotopic (exact) mass is 264 g/mol. The van der Waals surface area contributed by atoms with Gasteiger partial charge in [0, 0.05) is 23.3 Å². The van der Waals surface area contributed by atoms with Crippen molar-refractivity contribution in [2.75, 3.05) is 0 Å². The number of hydrogen-bond acceptors (Lipinski definition) is 3. The van der Waals surface area contributed by atoms with Crippen LogP contribution < -0.4 is 11.3 Å². The standard InChI is InChI=1S/C13H17ClN4/c1-9-12(8-16-18(9)2)13(17-15)7-10-3-5-11(14)6-4-10/h3-6,8,13,17H,7,15H2,1-2H3. The predicted molar refractivity (Wildman–Crippen MR) is 73.2 cm³/mol. The summed E-state index contributed by atoms with van der Waals surface area (Å²) in [5, 5.41) is 4.98. The number of hydrogen-bond donors (Lipinski definition) is 2. The third kappa shape index (κ3) is 2.72. The molecule has 1 unspecified atom stereocenters. The van der Waals surface area contributed by atoms with E-state index in [1.165, 1.54) is 5.56 Å². The maximum Gasteiger partial charge on any atom is 0.0540 e. The molecule has 4 nitrogen and oxygen atoms in total. The van der Waals surface area contributed by atoms with Gasteiger partial charge < -0.3 is 0 Å². The molecule has 2 rings (SSSR count). The molecule has 0 aliphatic rings. The lowest BCUT2D eigenvalue weighted by atomic mass is 10.0. The summed E-state index contributed by atoms with van der Waals surface area (Å²) in [6, 6.07) is 7.86. The van der Waals surface area contributed by atoms with Crippen LogP contribution in [-0.2, 0) is 13.5 Å². The van der Waals surface area contributed by atoms with Crippen LogP contribution in [0.25, 0.3) is 0 Å². The van der Waals surface area contributed by atoms with Gasteiger partial charge in [0.25, 0.3) is 0 Å². The first-order chi connectivity index (χ1) is 8.61. The van der Waals surface area contributed by atoms with Crippen molar-refractivity contribution in [3.05, 3.63) is 52.3 Å². The molecule has 3 N–H and O–H groups in total. The molecule has 0 fully saturated rings. The third-order valence-corrected chi connectivity index (χ3v) is 3.45. The highest BCUT2D eigenvalue weighted by molar-refractivity contribution is 6.30. The minimum Gasteiger partial charge on any atom is -0.273 e. The second-order valence-electron chi connectivity index (χ2n) is 4.36. The highest BCUT2D eigenvalue weighted by Crippen LogP contribution is 2.21. The smallest absolute Gasteiger partial charge is 0.0540 e. The second kappa shape index (κ2) is 5.52. The largest absolute Gasteiger partial charge is 0.273 e. The van der Waals surface area contributed by atoms with E-state index in [0.717, 1.165) is 22.7 Å². The Morgan fingerprint density at radius 1 is 1.39 bits per heavy atom. The van der Waals surface area contributed by atoms with Crippen LogP contribution in [0, 0.1) is 6.92 Å². The molecule has 0 aliphatic heterocycles. The van der Waals surface area contributed by atoms with Crippen LogP contribution in [0.2, 0.25) is 5.02 Å². The van der Waals surface area contributed by atoms with Crippen molar-refractivity contribution in [3.8, 4) is 0 Å². The van der Waals surface area contributed by atoms with Crippen molar-refractivity contribution in [3.63, 3.8) is 0 Å². The van der Waals surface area contributed by atoms with Crippen molar-refractivity contribution < 1.29 is 0 Å². The Hall–Kier alpha value is -1.36. The summed E-state index contributed by atoms with van der Waals surface area (Å²) in [5.74, 6) is 5.65. The van der Waals surface area contributed by atoms with Crippen LogP contribution >= 0.6 is 11.6 Å². The molecule has 0 saturated heterocycles. The number of rotatable bonds is 4. The number of nitrogens with two attached hydrogens (primary N) is 1. The summed E-state index contributed by atoms with van der Waals surface area (Å²) in [5.41, 5.74) is 6.27. The van der Waals surface area contributed by atoms with Gasteiger partial charge in [-0.15, -0.1) is 0 Å². The summed E-state index contributed by atoms with van der Waals surface area (Å²) in [4.78, 5) is 0. The van der Waals surface area contributed by atoms with E-state index in [1.54, 1.807) is 0 Å². The average Bonchev–Trinajstić information content (AvgIpc) is 2.70. The fourth-order valence-corrected chi connectivity index (χ4v) is 2.10. The molecule has 0 saturated carbocycles. The molecule has 0 bridgehead atoms. The fourth-order valence-electron chi connectivity index (χ4n) is 1.97. The van der Waals surface area contributed by atoms with E-state index in [0.29, 0.717) is 0 Å². The number of aryl methyl sites for hydroxylation is 1. The molecule has 1 atom stereocenters. The first-order valence-electron chi connectivity index (χ1n) is 5.81. The topological polar surface area (TPSA) is 55.9 Å². The number of hydrazine groups is 1. The van der Waals surface area contributed by atoms with Crippen molar-refractivity contribution >= 4 is 11.6 Å². The van der Waals surface area contributed by atoms with Gasteiger partial charge in [-0.05, 0) is 31.0 Å². The maximum absolute atomic E-state index is 5.87. The number of nitrogens with zero attached hydrogens (tertiary/aromatic N) is 2. The molecule has 2 aromatic rings. The van der Waals surface area contributed by atoms with E-state index >= 15 is 0 Å². The van der Waals surface area contributed by atoms with Gasteiger partial charge in [-0.2, -0.15) is 5.10 Å². The minimum atomic E-state index is 0.0554. The quantitative estimate of drug-likeness (QED) is 0.657. The molecule has 1 aromatic heterocycles. The lowest BCUT2D eigenvalue weighted by Gasteiger charge is -2.15. The SMILES string of the molecule is Cc1c(C(Cc2ccc(Cl)cc2)NN)cnn1C. The lowest BCUT2D eigenvalue weighted by Crippen LogP contribution is -2.29. The molecule has 0 radical (unpaired) electrons. The molecule has 0 amide bonds. The third-order valence-electron chi connectivity index (χ3n) is 3.20. The van der Waals surface area contributed by atoms with E-state index in [1.807, 2.05) is 49.1 Å². The van der Waals surface area contributed by atoms with Gasteiger partial charge in [-0.1, -0.05) is 23.7 Å². The Balaban J connectivity index is 2.19. The molecule has 1 aromatic carbocycles. The van der Waals surface area contributed by atoms with Gasteiger partial charge in [0.05, 0.1) is 12.2 Å². The summed E-state index contributed by atoms with van der Waals surface area (Å²) >= 11 is 5.87. The lowest BCUT2D eigenvalue weighted by molar-refractivity contribution is 0.548. The van der Waals surface area contributed by atoms with Crippen molar-refractivity contribution in [2.24, 2.45) is 12.9 Å². The summed E-state index contributed by atoms with van der Waals surface area (Å²) < 4.78 is 1.85. The van der Waals surface area contributed by atoms with E-state index in [-0.39, 0.29) is 6.04 Å². The van der Waals surface area contributed by atoms with E-state index in [4.69, 9.17) is 17.4 Å². The Morgan fingerprint density at radius 3 is 2.56 bits per heavy atom. The van der Waals surface area contributed by atoms with Crippen LogP contribution in [0.3, 0.4) is 0 Å². The van der Waals surface area contributed by atoms with Crippen LogP contribution in [0.1, 0.15) is 22.9 Å². The van der Waals surface area contributed by atoms with Crippen molar-refractivity contribution in [1.82, 2.24) is 15.2 Å². The molecule has 0 spiro atoms. The van der Waals surface area contributed by atoms with Gasteiger partial charge in [0.2, 0.25) is 0 Å². The highest BCUT2D eigenvalue weighted by atomic mass is 35.5. The van der Waals surface area contributed by atoms with Gasteiger partial charge in [0.15, 0.2) is 0 Å². The van der Waals surface area contributed by atoms with E-state index in [9.17, 15) is 0 Å². The second-order valence-corrected chi connectivity index (χ2v) is 4.80. The maximum atomic E-state index is 5.87. The predicted octanol–water partition coefficient (Wildman–Crippen LogP) is 2.13. The first kappa shape index (κ1) is 13.1. The number of nitrogens with one attached hydrogen (secondary N) is 1. The molecule has 1 heterocycles. The van der Waals surface area contributed by atoms with Crippen LogP contribution in [0.15, 0.2) is 30.5 Å². The Morgan fingerprint density at radius 2 is 2.06 bits per heavy atom. The molecular weight excluding hydrogens is 248 g/mol. The van der Waals surface area contributed by atoms with E-state index in [2.05, 4.69) is 10.5 Å². The average molecular weight is 265 g/mol. The number of aromatic nitrogens is 2. The zero-order valence-corrected chi connectivity index (χ0v) is 11.3. The molecule has 96 valence electrons. The van der Waals surface area contributed by atoms with Crippen LogP contribution in [0.5, 0.6) is 0 Å². The molecule has 5 heteroatoms. The van der Waals surface area contributed by atoms with Crippen molar-refractivity contribution in [2.45, 2.75) is 19.4 Å². The van der Waals surface area contributed by atoms with Gasteiger partial charge >= 0.3 is 0 Å². The number of halogens is 1. The minimum absolute atomic E-state index is 0.0554. The first-order valence-corrected chi connectivity index (χ1v) is 6.18. The van der Waals surface area contributed by atoms with E-state index < -0.39 is 0 Å². The van der Waals surface area contributed by atoms with Gasteiger partial charge in [0.1, 0.15) is 0 Å². The van der Waals surface area contributed by atoms with Crippen molar-refractivity contribution in [1.29, 1.82) is 0 Å². The van der Waals surface area contributed by atoms with Gasteiger partial charge in [-0.25, -0.2) is 0 Å². The van der Waals surface area contributed by atoms with Gasteiger partial charge in [-0.3, -0.25) is 16.0 Å². The zero-order valence-electron chi connectivity index (χ0n) is 10.5. The van der Waals surface area contributed by atoms with Crippen LogP contribution in [-0.4, -0.2) is 9.78 Å². The normalized spacial score (nSPS) is 12.7. The highest BCUT2D eigenvalue weighted by Gasteiger charge is 2.15. The molecule has 0 aliphatic carbocycles. The summed E-state index contributed by atoms with van der Waals surface area (Å²) in [6.07, 6.45) is 2.66. The van der Waals surface area contributed by atoms with Crippen LogP contribution in [0.4, 0.5) is 0 Å². The Labute approximate surface area is 112 Å².